The van der Waals surface area contributed by atoms with Gasteiger partial charge in [-0.15, -0.1) is 0 Å². The number of ether oxygens (including phenoxy) is 2. The van der Waals surface area contributed by atoms with Crippen LogP contribution in [-0.4, -0.2) is 33.4 Å². The van der Waals surface area contributed by atoms with Crippen LogP contribution in [0.2, 0.25) is 0 Å². The van der Waals surface area contributed by atoms with Crippen LogP contribution in [0.15, 0.2) is 48.5 Å². The van der Waals surface area contributed by atoms with Gasteiger partial charge in [-0.05, 0) is 54.8 Å². The van der Waals surface area contributed by atoms with Gasteiger partial charge < -0.3 is 14.8 Å². The normalized spacial score (nSPS) is 18.2. The van der Waals surface area contributed by atoms with Crippen molar-refractivity contribution in [2.24, 2.45) is 0 Å². The molecule has 0 radical (unpaired) electrons. The SMILES string of the molecule is CC(NC(=O)/C=C/c1ccc(N2CCCS2(=O)=O)cc1)c1ccc2c(c1)OCO2. The van der Waals surface area contributed by atoms with Crippen molar-refractivity contribution in [3.63, 3.8) is 0 Å². The van der Waals surface area contributed by atoms with Crippen LogP contribution >= 0.6 is 0 Å². The summed E-state index contributed by atoms with van der Waals surface area (Å²) in [4.78, 5) is 12.3. The van der Waals surface area contributed by atoms with E-state index >= 15 is 0 Å². The van der Waals surface area contributed by atoms with Crippen LogP contribution in [0, 0.1) is 0 Å². The predicted molar refractivity (Wildman–Crippen MR) is 110 cm³/mol. The van der Waals surface area contributed by atoms with Gasteiger partial charge in [-0.25, -0.2) is 8.42 Å². The van der Waals surface area contributed by atoms with Gasteiger partial charge in [0.25, 0.3) is 0 Å². The van der Waals surface area contributed by atoms with Gasteiger partial charge in [-0.1, -0.05) is 18.2 Å². The topological polar surface area (TPSA) is 84.9 Å². The molecule has 0 saturated carbocycles. The number of rotatable bonds is 5. The lowest BCUT2D eigenvalue weighted by molar-refractivity contribution is -0.117. The van der Waals surface area contributed by atoms with Gasteiger partial charge in [0.05, 0.1) is 17.5 Å². The zero-order chi connectivity index (χ0) is 20.4. The molecular weight excluding hydrogens is 392 g/mol. The highest BCUT2D eigenvalue weighted by molar-refractivity contribution is 7.93. The van der Waals surface area contributed by atoms with Crippen molar-refractivity contribution in [1.82, 2.24) is 5.32 Å². The molecule has 1 amide bonds. The molecule has 0 aliphatic carbocycles. The fourth-order valence-corrected chi connectivity index (χ4v) is 4.94. The Hall–Kier alpha value is -3.00. The van der Waals surface area contributed by atoms with Crippen LogP contribution < -0.4 is 19.1 Å². The predicted octanol–water partition coefficient (Wildman–Crippen LogP) is 2.85. The summed E-state index contributed by atoms with van der Waals surface area (Å²) in [5.41, 5.74) is 2.39. The van der Waals surface area contributed by atoms with Crippen LogP contribution in [0.25, 0.3) is 6.08 Å². The molecule has 2 heterocycles. The molecule has 1 N–H and O–H groups in total. The summed E-state index contributed by atoms with van der Waals surface area (Å²) in [5.74, 6) is 1.36. The fraction of sp³-hybridized carbons (Fsp3) is 0.286. The third kappa shape index (κ3) is 4.22. The summed E-state index contributed by atoms with van der Waals surface area (Å²) >= 11 is 0. The van der Waals surface area contributed by atoms with E-state index in [0.717, 1.165) is 11.1 Å². The van der Waals surface area contributed by atoms with E-state index in [1.807, 2.05) is 25.1 Å². The molecule has 0 aromatic heterocycles. The van der Waals surface area contributed by atoms with E-state index in [1.54, 1.807) is 30.3 Å². The Balaban J connectivity index is 1.37. The lowest BCUT2D eigenvalue weighted by Crippen LogP contribution is -2.25. The molecule has 0 spiro atoms. The molecule has 2 aliphatic heterocycles. The van der Waals surface area contributed by atoms with Gasteiger partial charge in [0, 0.05) is 12.6 Å². The van der Waals surface area contributed by atoms with Gasteiger partial charge in [-0.2, -0.15) is 0 Å². The van der Waals surface area contributed by atoms with E-state index in [-0.39, 0.29) is 24.5 Å². The molecule has 2 aromatic rings. The minimum Gasteiger partial charge on any atom is -0.454 e. The van der Waals surface area contributed by atoms with E-state index in [4.69, 9.17) is 9.47 Å². The van der Waals surface area contributed by atoms with Crippen molar-refractivity contribution < 1.29 is 22.7 Å². The van der Waals surface area contributed by atoms with Crippen LogP contribution in [-0.2, 0) is 14.8 Å². The Morgan fingerprint density at radius 1 is 1.14 bits per heavy atom. The molecule has 7 nitrogen and oxygen atoms in total. The van der Waals surface area contributed by atoms with E-state index in [1.165, 1.54) is 10.4 Å². The zero-order valence-corrected chi connectivity index (χ0v) is 16.8. The van der Waals surface area contributed by atoms with Crippen molar-refractivity contribution in [1.29, 1.82) is 0 Å². The number of amides is 1. The third-order valence-electron chi connectivity index (χ3n) is 4.96. The van der Waals surface area contributed by atoms with Gasteiger partial charge >= 0.3 is 0 Å². The summed E-state index contributed by atoms with van der Waals surface area (Å²) in [7, 11) is -3.19. The second-order valence-electron chi connectivity index (χ2n) is 7.01. The number of carbonyl (C=O) groups excluding carboxylic acids is 1. The maximum atomic E-state index is 12.3. The molecule has 152 valence electrons. The fourth-order valence-electron chi connectivity index (χ4n) is 3.38. The van der Waals surface area contributed by atoms with Crippen LogP contribution in [0.3, 0.4) is 0 Å². The first kappa shape index (κ1) is 19.3. The summed E-state index contributed by atoms with van der Waals surface area (Å²) in [5, 5.41) is 2.91. The third-order valence-corrected chi connectivity index (χ3v) is 6.83. The van der Waals surface area contributed by atoms with Gasteiger partial charge in [0.1, 0.15) is 0 Å². The molecule has 8 heteroatoms. The molecule has 2 aromatic carbocycles. The van der Waals surface area contributed by atoms with Crippen molar-refractivity contribution in [3.05, 3.63) is 59.7 Å². The van der Waals surface area contributed by atoms with E-state index < -0.39 is 10.0 Å². The van der Waals surface area contributed by atoms with Gasteiger partial charge in [0.2, 0.25) is 22.7 Å². The standard InChI is InChI=1S/C21H22N2O5S/c1-15(17-6-9-19-20(13-17)28-14-27-19)22-21(24)10-5-16-3-7-18(8-4-16)23-11-2-12-29(23,25)26/h3-10,13,15H,2,11-12,14H2,1H3,(H,22,24)/b10-5+. The number of carbonyl (C=O) groups is 1. The molecule has 29 heavy (non-hydrogen) atoms. The van der Waals surface area contributed by atoms with Crippen LogP contribution in [0.4, 0.5) is 5.69 Å². The highest BCUT2D eigenvalue weighted by Crippen LogP contribution is 2.34. The summed E-state index contributed by atoms with van der Waals surface area (Å²) in [6.45, 7) is 2.62. The minimum atomic E-state index is -3.19. The second-order valence-corrected chi connectivity index (χ2v) is 9.02. The monoisotopic (exact) mass is 414 g/mol. The summed E-state index contributed by atoms with van der Waals surface area (Å²) in [6.07, 6.45) is 3.81. The first-order valence-electron chi connectivity index (χ1n) is 9.41. The maximum absolute atomic E-state index is 12.3. The van der Waals surface area contributed by atoms with Crippen molar-refractivity contribution in [2.45, 2.75) is 19.4 Å². The molecule has 0 bridgehead atoms. The Labute approximate surface area is 170 Å². The smallest absolute Gasteiger partial charge is 0.244 e. The Morgan fingerprint density at radius 2 is 1.90 bits per heavy atom. The van der Waals surface area contributed by atoms with E-state index in [0.29, 0.717) is 30.2 Å². The quantitative estimate of drug-likeness (QED) is 0.761. The Morgan fingerprint density at radius 3 is 2.62 bits per heavy atom. The summed E-state index contributed by atoms with van der Waals surface area (Å²) in [6, 6.07) is 12.5. The van der Waals surface area contributed by atoms with Crippen molar-refractivity contribution in [2.75, 3.05) is 23.4 Å². The average molecular weight is 414 g/mol. The first-order chi connectivity index (χ1) is 13.9. The number of sulfonamides is 1. The second kappa shape index (κ2) is 7.79. The van der Waals surface area contributed by atoms with Gasteiger partial charge in [-0.3, -0.25) is 9.10 Å². The Bertz CT molecular complexity index is 1050. The highest BCUT2D eigenvalue weighted by atomic mass is 32.2. The lowest BCUT2D eigenvalue weighted by Gasteiger charge is -2.16. The molecule has 1 fully saturated rings. The highest BCUT2D eigenvalue weighted by Gasteiger charge is 2.28. The molecule has 1 unspecified atom stereocenters. The average Bonchev–Trinajstić information content (AvgIpc) is 3.31. The van der Waals surface area contributed by atoms with Crippen molar-refractivity contribution >= 4 is 27.7 Å². The Kier molecular flexibility index (Phi) is 5.19. The van der Waals surface area contributed by atoms with Crippen molar-refractivity contribution in [3.8, 4) is 11.5 Å². The maximum Gasteiger partial charge on any atom is 0.244 e. The molecule has 1 saturated heterocycles. The molecule has 2 aliphatic rings. The molecule has 1 atom stereocenters. The number of anilines is 1. The molecule has 4 rings (SSSR count). The number of fused-ring (bicyclic) bond motifs is 1. The number of nitrogens with one attached hydrogen (secondary N) is 1. The van der Waals surface area contributed by atoms with Crippen LogP contribution in [0.5, 0.6) is 11.5 Å². The zero-order valence-electron chi connectivity index (χ0n) is 16.0. The van der Waals surface area contributed by atoms with E-state index in [9.17, 15) is 13.2 Å². The van der Waals surface area contributed by atoms with E-state index in [2.05, 4.69) is 5.32 Å². The van der Waals surface area contributed by atoms with Gasteiger partial charge in [0.15, 0.2) is 11.5 Å². The van der Waals surface area contributed by atoms with Crippen LogP contribution in [0.1, 0.15) is 30.5 Å². The largest absolute Gasteiger partial charge is 0.454 e. The number of hydrogen-bond acceptors (Lipinski definition) is 5. The summed E-state index contributed by atoms with van der Waals surface area (Å²) < 4.78 is 36.1. The first-order valence-corrected chi connectivity index (χ1v) is 11.0. The molecular formula is C21H22N2O5S. The number of hydrogen-bond donors (Lipinski definition) is 1. The lowest BCUT2D eigenvalue weighted by atomic mass is 10.1. The number of benzene rings is 2. The minimum absolute atomic E-state index is 0.190. The number of nitrogens with zero attached hydrogens (tertiary/aromatic N) is 1.